The minimum atomic E-state index is -0.527. The van der Waals surface area contributed by atoms with Crippen LogP contribution >= 0.6 is 0 Å². The van der Waals surface area contributed by atoms with Crippen LogP contribution in [0.4, 0.5) is 5.69 Å². The Balaban J connectivity index is 1.23. The molecule has 2 N–H and O–H groups in total. The van der Waals surface area contributed by atoms with Gasteiger partial charge in [-0.1, -0.05) is 30.3 Å². The van der Waals surface area contributed by atoms with Gasteiger partial charge in [0.25, 0.3) is 0 Å². The molecular weight excluding hydrogens is 548 g/mol. The summed E-state index contributed by atoms with van der Waals surface area (Å²) in [5.41, 5.74) is 4.57. The Labute approximate surface area is 256 Å². The van der Waals surface area contributed by atoms with Crippen molar-refractivity contribution >= 4 is 5.69 Å². The summed E-state index contributed by atoms with van der Waals surface area (Å²) in [4.78, 5) is 2.38. The highest BCUT2D eigenvalue weighted by atomic mass is 16.5. The van der Waals surface area contributed by atoms with Gasteiger partial charge in [-0.2, -0.15) is 0 Å². The second kappa shape index (κ2) is 16.2. The largest absolute Gasteiger partial charge is 0.490 e. The first kappa shape index (κ1) is 32.2. The lowest BCUT2D eigenvalue weighted by molar-refractivity contribution is -0.0752. The Bertz CT molecular complexity index is 1110. The van der Waals surface area contributed by atoms with Crippen LogP contribution in [0.25, 0.3) is 0 Å². The molecule has 5 rings (SSSR count). The molecule has 3 aliphatic rings. The molecule has 6 atom stereocenters. The lowest BCUT2D eigenvalue weighted by Gasteiger charge is -2.39. The van der Waals surface area contributed by atoms with E-state index in [0.717, 1.165) is 68.4 Å². The second-order valence-corrected chi connectivity index (χ2v) is 12.2. The standard InChI is InChI=1S/C34H50N2O7/c1-24(37)19-42-32-17-35-18-33(34(32)27-8-5-25(6-9-27)20-40-23-29-16-28(29)22-39-3)43-21-26-7-10-31-30(15-26)36(12-14-41-31)11-4-13-38-2/h5-10,15,24,28-29,32-35,37H,4,11-14,16-23H2,1-3H3/t24-,28-,29?,32-,33+,34?/m1/s1. The Morgan fingerprint density at radius 1 is 0.953 bits per heavy atom. The van der Waals surface area contributed by atoms with E-state index >= 15 is 0 Å². The fourth-order valence-corrected chi connectivity index (χ4v) is 6.22. The average molecular weight is 599 g/mol. The maximum atomic E-state index is 9.93. The van der Waals surface area contributed by atoms with Gasteiger partial charge >= 0.3 is 0 Å². The second-order valence-electron chi connectivity index (χ2n) is 12.2. The molecule has 2 unspecified atom stereocenters. The minimum Gasteiger partial charge on any atom is -0.490 e. The average Bonchev–Trinajstić information content (AvgIpc) is 3.77. The molecule has 0 spiro atoms. The fraction of sp³-hybridized carbons (Fsp3) is 0.647. The van der Waals surface area contributed by atoms with Crippen LogP contribution in [0.1, 0.15) is 42.4 Å². The maximum Gasteiger partial charge on any atom is 0.142 e. The summed E-state index contributed by atoms with van der Waals surface area (Å²) in [6, 6.07) is 15.0. The fourth-order valence-electron chi connectivity index (χ4n) is 6.22. The van der Waals surface area contributed by atoms with Crippen molar-refractivity contribution in [3.63, 3.8) is 0 Å². The summed E-state index contributed by atoms with van der Waals surface area (Å²) in [5, 5.41) is 13.4. The zero-order chi connectivity index (χ0) is 30.0. The van der Waals surface area contributed by atoms with E-state index in [4.69, 9.17) is 28.4 Å². The highest BCUT2D eigenvalue weighted by molar-refractivity contribution is 5.61. The van der Waals surface area contributed by atoms with Gasteiger partial charge in [0, 0.05) is 53.0 Å². The van der Waals surface area contributed by atoms with Gasteiger partial charge < -0.3 is 43.7 Å². The van der Waals surface area contributed by atoms with Gasteiger partial charge in [-0.3, -0.25) is 0 Å². The predicted octanol–water partition coefficient (Wildman–Crippen LogP) is 3.76. The molecule has 0 radical (unpaired) electrons. The molecule has 2 aliphatic heterocycles. The molecule has 2 aromatic carbocycles. The first-order chi connectivity index (χ1) is 21.1. The van der Waals surface area contributed by atoms with Crippen molar-refractivity contribution in [1.29, 1.82) is 0 Å². The van der Waals surface area contributed by atoms with Crippen molar-refractivity contribution in [2.45, 2.75) is 57.2 Å². The molecule has 2 aromatic rings. The van der Waals surface area contributed by atoms with E-state index in [-0.39, 0.29) is 24.7 Å². The molecule has 1 aliphatic carbocycles. The molecule has 0 amide bonds. The van der Waals surface area contributed by atoms with Crippen LogP contribution in [-0.2, 0) is 36.9 Å². The highest BCUT2D eigenvalue weighted by Gasteiger charge is 2.37. The predicted molar refractivity (Wildman–Crippen MR) is 166 cm³/mol. The first-order valence-corrected chi connectivity index (χ1v) is 15.8. The normalized spacial score (nSPS) is 25.7. The van der Waals surface area contributed by atoms with E-state index in [0.29, 0.717) is 38.2 Å². The summed E-state index contributed by atoms with van der Waals surface area (Å²) in [6.45, 7) is 9.43. The number of piperidine rings is 1. The lowest BCUT2D eigenvalue weighted by atomic mass is 9.85. The number of benzene rings is 2. The van der Waals surface area contributed by atoms with E-state index in [1.165, 1.54) is 12.0 Å². The van der Waals surface area contributed by atoms with Crippen LogP contribution in [0.2, 0.25) is 0 Å². The van der Waals surface area contributed by atoms with E-state index in [9.17, 15) is 5.11 Å². The van der Waals surface area contributed by atoms with E-state index < -0.39 is 6.10 Å². The lowest BCUT2D eigenvalue weighted by Crippen LogP contribution is -2.51. The van der Waals surface area contributed by atoms with Gasteiger partial charge in [0.05, 0.1) is 57.0 Å². The third-order valence-electron chi connectivity index (χ3n) is 8.68. The van der Waals surface area contributed by atoms with Gasteiger partial charge in [-0.15, -0.1) is 0 Å². The summed E-state index contributed by atoms with van der Waals surface area (Å²) in [7, 11) is 3.51. The molecule has 43 heavy (non-hydrogen) atoms. The number of nitrogens with one attached hydrogen (secondary N) is 1. The summed E-state index contributed by atoms with van der Waals surface area (Å²) in [6.07, 6.45) is 1.44. The number of nitrogens with zero attached hydrogens (tertiary/aromatic N) is 1. The third-order valence-corrected chi connectivity index (χ3v) is 8.68. The molecule has 238 valence electrons. The number of methoxy groups -OCH3 is 2. The number of hydrogen-bond acceptors (Lipinski definition) is 9. The molecule has 1 saturated heterocycles. The molecular formula is C34H50N2O7. The van der Waals surface area contributed by atoms with Crippen molar-refractivity contribution in [2.75, 3.05) is 78.3 Å². The van der Waals surface area contributed by atoms with E-state index in [2.05, 4.69) is 52.7 Å². The van der Waals surface area contributed by atoms with Gasteiger partial charge in [-0.25, -0.2) is 0 Å². The minimum absolute atomic E-state index is 0.0303. The van der Waals surface area contributed by atoms with Gasteiger partial charge in [0.15, 0.2) is 0 Å². The maximum absolute atomic E-state index is 9.93. The summed E-state index contributed by atoms with van der Waals surface area (Å²) in [5.74, 6) is 2.23. The summed E-state index contributed by atoms with van der Waals surface area (Å²) >= 11 is 0. The molecule has 0 bridgehead atoms. The van der Waals surface area contributed by atoms with Crippen LogP contribution < -0.4 is 15.0 Å². The van der Waals surface area contributed by atoms with Crippen LogP contribution in [0.3, 0.4) is 0 Å². The van der Waals surface area contributed by atoms with Gasteiger partial charge in [0.1, 0.15) is 12.4 Å². The van der Waals surface area contributed by atoms with Crippen LogP contribution in [0, 0.1) is 11.8 Å². The van der Waals surface area contributed by atoms with Gasteiger partial charge in [0.2, 0.25) is 0 Å². The van der Waals surface area contributed by atoms with Crippen LogP contribution in [-0.4, -0.2) is 96.9 Å². The smallest absolute Gasteiger partial charge is 0.142 e. The zero-order valence-corrected chi connectivity index (χ0v) is 26.0. The molecule has 0 aromatic heterocycles. The molecule has 9 heteroatoms. The molecule has 9 nitrogen and oxygen atoms in total. The molecule has 2 heterocycles. The number of fused-ring (bicyclic) bond motifs is 1. The zero-order valence-electron chi connectivity index (χ0n) is 26.0. The highest BCUT2D eigenvalue weighted by Crippen LogP contribution is 2.39. The SMILES string of the molecule is COCCCN1CCOc2ccc(CO[C@H]3CNC[C@@H](OC[C@@H](C)O)C3c3ccc(COCC4C[C@@H]4COC)cc3)cc21. The first-order valence-electron chi connectivity index (χ1n) is 15.8. The van der Waals surface area contributed by atoms with Crippen molar-refractivity contribution in [3.05, 3.63) is 59.2 Å². The van der Waals surface area contributed by atoms with Crippen molar-refractivity contribution in [1.82, 2.24) is 5.32 Å². The topological polar surface area (TPSA) is 90.9 Å². The van der Waals surface area contributed by atoms with Crippen molar-refractivity contribution in [3.8, 4) is 5.75 Å². The molecule has 2 fully saturated rings. The van der Waals surface area contributed by atoms with Crippen LogP contribution in [0.15, 0.2) is 42.5 Å². The van der Waals surface area contributed by atoms with E-state index in [1.807, 2.05) is 0 Å². The number of aliphatic hydroxyl groups is 1. The van der Waals surface area contributed by atoms with E-state index in [1.54, 1.807) is 21.1 Å². The van der Waals surface area contributed by atoms with Crippen molar-refractivity contribution < 1.29 is 33.5 Å². The Morgan fingerprint density at radius 2 is 1.72 bits per heavy atom. The van der Waals surface area contributed by atoms with Gasteiger partial charge in [-0.05, 0) is 60.4 Å². The third kappa shape index (κ3) is 9.14. The number of anilines is 1. The number of rotatable bonds is 17. The number of hydrogen-bond donors (Lipinski definition) is 2. The summed E-state index contributed by atoms with van der Waals surface area (Å²) < 4.78 is 35.3. The van der Waals surface area contributed by atoms with Crippen LogP contribution in [0.5, 0.6) is 5.75 Å². The molecule has 1 saturated carbocycles. The Morgan fingerprint density at radius 3 is 2.49 bits per heavy atom. The Hall–Kier alpha value is -2.24. The number of aliphatic hydroxyl groups excluding tert-OH is 1. The Kier molecular flexibility index (Phi) is 12.1. The number of ether oxygens (including phenoxy) is 6. The monoisotopic (exact) mass is 598 g/mol. The quantitative estimate of drug-likeness (QED) is 0.264. The van der Waals surface area contributed by atoms with Crippen molar-refractivity contribution in [2.24, 2.45) is 11.8 Å².